The van der Waals surface area contributed by atoms with E-state index in [1.165, 1.54) is 11.6 Å². The second-order valence-electron chi connectivity index (χ2n) is 8.39. The number of hydrogen-bond donors (Lipinski definition) is 2. The fraction of sp³-hybridized carbons (Fsp3) is 0.478. The highest BCUT2D eigenvalue weighted by Crippen LogP contribution is 2.51. The molecule has 0 radical (unpaired) electrons. The number of anilines is 2. The number of rotatable bonds is 3. The summed E-state index contributed by atoms with van der Waals surface area (Å²) in [4.78, 5) is 2.46. The Morgan fingerprint density at radius 2 is 1.86 bits per heavy atom. The van der Waals surface area contributed by atoms with Crippen LogP contribution in [0.1, 0.15) is 42.4 Å². The van der Waals surface area contributed by atoms with Crippen molar-refractivity contribution in [2.75, 3.05) is 31.6 Å². The van der Waals surface area contributed by atoms with Crippen molar-refractivity contribution in [1.82, 2.24) is 4.90 Å². The van der Waals surface area contributed by atoms with Crippen LogP contribution in [0.5, 0.6) is 0 Å². The van der Waals surface area contributed by atoms with Gasteiger partial charge in [-0.2, -0.15) is 0 Å². The molecule has 3 aliphatic rings. The first-order valence-electron chi connectivity index (χ1n) is 10.4. The van der Waals surface area contributed by atoms with Crippen LogP contribution in [-0.4, -0.2) is 42.4 Å². The topological polar surface area (TPSA) is 44.7 Å². The van der Waals surface area contributed by atoms with Gasteiger partial charge in [0.1, 0.15) is 5.82 Å². The lowest BCUT2D eigenvalue weighted by molar-refractivity contribution is 0.0110. The smallest absolute Gasteiger partial charge is 0.123 e. The Bertz CT molecular complexity index is 850. The summed E-state index contributed by atoms with van der Waals surface area (Å²) in [6.07, 6.45) is 3.07. The van der Waals surface area contributed by atoms with E-state index in [0.29, 0.717) is 12.5 Å². The standard InChI is InChI=1S/C23H27FN2O2/c24-16-5-6-22-20(11-16)23-19(18-3-1-2-4-21(18)25-22)12-17(28-23)13-26-9-7-15(14-27)8-10-26/h1-6,11,15,17,19,23,25,27H,7-10,12-14H2. The van der Waals surface area contributed by atoms with Gasteiger partial charge in [-0.05, 0) is 68.1 Å². The summed E-state index contributed by atoms with van der Waals surface area (Å²) in [6.45, 7) is 3.24. The van der Waals surface area contributed by atoms with Crippen LogP contribution in [-0.2, 0) is 4.74 Å². The molecular weight excluding hydrogens is 355 g/mol. The third-order valence-corrected chi connectivity index (χ3v) is 6.60. The SMILES string of the molecule is OCC1CCN(CC2CC3c4ccccc4Nc4ccc(F)cc4C3O2)CC1. The van der Waals surface area contributed by atoms with Gasteiger partial charge < -0.3 is 20.1 Å². The summed E-state index contributed by atoms with van der Waals surface area (Å²) in [5.41, 5.74) is 4.20. The van der Waals surface area contributed by atoms with E-state index in [2.05, 4.69) is 28.4 Å². The van der Waals surface area contributed by atoms with E-state index in [-0.39, 0.29) is 23.9 Å². The molecule has 5 rings (SSSR count). The maximum absolute atomic E-state index is 14.0. The van der Waals surface area contributed by atoms with Gasteiger partial charge in [-0.3, -0.25) is 0 Å². The second-order valence-corrected chi connectivity index (χ2v) is 8.39. The number of nitrogens with zero attached hydrogens (tertiary/aromatic N) is 1. The zero-order chi connectivity index (χ0) is 19.1. The normalized spacial score (nSPS) is 27.4. The Morgan fingerprint density at radius 1 is 1.07 bits per heavy atom. The van der Waals surface area contributed by atoms with Gasteiger partial charge in [0.25, 0.3) is 0 Å². The van der Waals surface area contributed by atoms with Crippen LogP contribution < -0.4 is 5.32 Å². The van der Waals surface area contributed by atoms with E-state index in [1.807, 2.05) is 12.1 Å². The maximum Gasteiger partial charge on any atom is 0.123 e. The van der Waals surface area contributed by atoms with Gasteiger partial charge in [-0.25, -0.2) is 4.39 Å². The Labute approximate surface area is 165 Å². The number of aliphatic hydroxyl groups excluding tert-OH is 1. The molecule has 28 heavy (non-hydrogen) atoms. The van der Waals surface area contributed by atoms with E-state index in [0.717, 1.165) is 55.8 Å². The summed E-state index contributed by atoms with van der Waals surface area (Å²) < 4.78 is 20.6. The van der Waals surface area contributed by atoms with Crippen molar-refractivity contribution in [2.45, 2.75) is 37.4 Å². The van der Waals surface area contributed by atoms with Gasteiger partial charge >= 0.3 is 0 Å². The van der Waals surface area contributed by atoms with Gasteiger partial charge in [0.15, 0.2) is 0 Å². The molecule has 0 spiro atoms. The van der Waals surface area contributed by atoms with Gasteiger partial charge in [0.2, 0.25) is 0 Å². The molecule has 148 valence electrons. The number of hydrogen-bond acceptors (Lipinski definition) is 4. The summed E-state index contributed by atoms with van der Waals surface area (Å²) in [5, 5.41) is 12.8. The van der Waals surface area contributed by atoms with Crippen LogP contribution in [0.25, 0.3) is 0 Å². The van der Waals surface area contributed by atoms with Crippen LogP contribution in [0.4, 0.5) is 15.8 Å². The predicted octanol–water partition coefficient (Wildman–Crippen LogP) is 4.20. The largest absolute Gasteiger partial charge is 0.396 e. The summed E-state index contributed by atoms with van der Waals surface area (Å²) in [5.74, 6) is 0.453. The lowest BCUT2D eigenvalue weighted by atomic mass is 9.87. The first kappa shape index (κ1) is 18.1. The number of ether oxygens (including phenoxy) is 1. The van der Waals surface area contributed by atoms with Crippen molar-refractivity contribution in [3.8, 4) is 0 Å². The predicted molar refractivity (Wildman–Crippen MR) is 107 cm³/mol. The third kappa shape index (κ3) is 3.32. The monoisotopic (exact) mass is 382 g/mol. The quantitative estimate of drug-likeness (QED) is 0.835. The fourth-order valence-corrected chi connectivity index (χ4v) is 5.06. The summed E-state index contributed by atoms with van der Waals surface area (Å²) >= 11 is 0. The molecule has 3 atom stereocenters. The molecule has 0 bridgehead atoms. The molecule has 4 nitrogen and oxygen atoms in total. The van der Waals surface area contributed by atoms with E-state index >= 15 is 0 Å². The lowest BCUT2D eigenvalue weighted by Crippen LogP contribution is -2.39. The van der Waals surface area contributed by atoms with Crippen molar-refractivity contribution in [3.05, 3.63) is 59.4 Å². The molecule has 3 unspecified atom stereocenters. The van der Waals surface area contributed by atoms with Crippen LogP contribution >= 0.6 is 0 Å². The number of nitrogens with one attached hydrogen (secondary N) is 1. The van der Waals surface area contributed by atoms with Gasteiger partial charge in [0, 0.05) is 36.0 Å². The molecule has 2 N–H and O–H groups in total. The molecule has 2 aromatic rings. The van der Waals surface area contributed by atoms with E-state index in [9.17, 15) is 9.50 Å². The zero-order valence-electron chi connectivity index (χ0n) is 16.0. The molecule has 0 amide bonds. The Kier molecular flexibility index (Phi) is 4.83. The maximum atomic E-state index is 14.0. The number of piperidine rings is 1. The third-order valence-electron chi connectivity index (χ3n) is 6.60. The average Bonchev–Trinajstić information content (AvgIpc) is 3.08. The van der Waals surface area contributed by atoms with E-state index in [4.69, 9.17) is 4.74 Å². The first-order valence-corrected chi connectivity index (χ1v) is 10.4. The van der Waals surface area contributed by atoms with Crippen molar-refractivity contribution in [2.24, 2.45) is 5.92 Å². The van der Waals surface area contributed by atoms with Gasteiger partial charge in [-0.1, -0.05) is 18.2 Å². The second kappa shape index (κ2) is 7.47. The van der Waals surface area contributed by atoms with Crippen molar-refractivity contribution in [1.29, 1.82) is 0 Å². The highest BCUT2D eigenvalue weighted by atomic mass is 19.1. The number of fused-ring (bicyclic) bond motifs is 5. The molecule has 5 heteroatoms. The number of likely N-dealkylation sites (tertiary alicyclic amines) is 1. The molecule has 3 aliphatic heterocycles. The Balaban J connectivity index is 1.40. The number of para-hydroxylation sites is 1. The van der Waals surface area contributed by atoms with E-state index in [1.54, 1.807) is 6.07 Å². The first-order chi connectivity index (χ1) is 13.7. The molecule has 0 aliphatic carbocycles. The Hall–Kier alpha value is -1.95. The average molecular weight is 382 g/mol. The summed E-state index contributed by atoms with van der Waals surface area (Å²) in [6, 6.07) is 13.3. The fourth-order valence-electron chi connectivity index (χ4n) is 5.06. The zero-order valence-corrected chi connectivity index (χ0v) is 16.0. The number of aliphatic hydroxyl groups is 1. The molecule has 3 heterocycles. The van der Waals surface area contributed by atoms with Crippen molar-refractivity contribution in [3.63, 3.8) is 0 Å². The summed E-state index contributed by atoms with van der Waals surface area (Å²) in [7, 11) is 0. The highest BCUT2D eigenvalue weighted by Gasteiger charge is 2.41. The number of benzene rings is 2. The minimum Gasteiger partial charge on any atom is -0.396 e. The molecular formula is C23H27FN2O2. The molecule has 0 aromatic heterocycles. The minimum absolute atomic E-state index is 0.123. The highest BCUT2D eigenvalue weighted by molar-refractivity contribution is 5.70. The number of halogens is 1. The molecule has 2 saturated heterocycles. The minimum atomic E-state index is -0.219. The van der Waals surface area contributed by atoms with Gasteiger partial charge in [-0.15, -0.1) is 0 Å². The molecule has 0 saturated carbocycles. The Morgan fingerprint density at radius 3 is 2.68 bits per heavy atom. The molecule has 2 fully saturated rings. The van der Waals surface area contributed by atoms with Crippen LogP contribution in [0.15, 0.2) is 42.5 Å². The van der Waals surface area contributed by atoms with Crippen LogP contribution in [0.2, 0.25) is 0 Å². The van der Waals surface area contributed by atoms with Crippen molar-refractivity contribution < 1.29 is 14.2 Å². The van der Waals surface area contributed by atoms with Crippen molar-refractivity contribution >= 4 is 11.4 Å². The lowest BCUT2D eigenvalue weighted by Gasteiger charge is -2.32. The van der Waals surface area contributed by atoms with Crippen LogP contribution in [0.3, 0.4) is 0 Å². The van der Waals surface area contributed by atoms with E-state index < -0.39 is 0 Å². The molecule has 2 aromatic carbocycles. The van der Waals surface area contributed by atoms with Gasteiger partial charge in [0.05, 0.1) is 12.2 Å². The van der Waals surface area contributed by atoms with Crippen LogP contribution in [0, 0.1) is 11.7 Å².